The smallest absolute Gasteiger partial charge is 0.174 e. The molecule has 3 aromatic rings. The number of Topliss-reactive ketones (excluding diaryl/α,β-unsaturated/α-hetero) is 1. The molecule has 0 saturated carbocycles. The fourth-order valence-electron chi connectivity index (χ4n) is 3.36. The van der Waals surface area contributed by atoms with Crippen molar-refractivity contribution in [3.8, 4) is 0 Å². The number of ketones is 1. The summed E-state index contributed by atoms with van der Waals surface area (Å²) in [6.07, 6.45) is 5.11. The van der Waals surface area contributed by atoms with E-state index < -0.39 is 0 Å². The highest BCUT2D eigenvalue weighted by Gasteiger charge is 2.22. The van der Waals surface area contributed by atoms with Gasteiger partial charge in [0, 0.05) is 34.3 Å². The van der Waals surface area contributed by atoms with Gasteiger partial charge in [0.05, 0.1) is 5.75 Å². The summed E-state index contributed by atoms with van der Waals surface area (Å²) in [4.78, 5) is 24.0. The Hall–Kier alpha value is -1.66. The van der Waals surface area contributed by atoms with E-state index in [9.17, 15) is 4.79 Å². The van der Waals surface area contributed by atoms with Crippen molar-refractivity contribution in [3.63, 3.8) is 0 Å². The average Bonchev–Trinajstić information content (AvgIpc) is 3.22. The van der Waals surface area contributed by atoms with E-state index in [2.05, 4.69) is 14.5 Å². The second kappa shape index (κ2) is 6.01. The first kappa shape index (κ1) is 15.8. The Morgan fingerprint density at radius 2 is 2.17 bits per heavy atom. The van der Waals surface area contributed by atoms with E-state index in [4.69, 9.17) is 0 Å². The minimum absolute atomic E-state index is 0.167. The van der Waals surface area contributed by atoms with Gasteiger partial charge in [0.15, 0.2) is 5.78 Å². The Labute approximate surface area is 149 Å². The van der Waals surface area contributed by atoms with Gasteiger partial charge in [-0.2, -0.15) is 0 Å². The number of rotatable bonds is 4. The molecule has 1 aliphatic rings. The lowest BCUT2D eigenvalue weighted by atomic mass is 10.2. The predicted octanol–water partition coefficient (Wildman–Crippen LogP) is 4.11. The molecule has 0 unspecified atom stereocenters. The van der Waals surface area contributed by atoms with Gasteiger partial charge in [0.1, 0.15) is 16.2 Å². The predicted molar refractivity (Wildman–Crippen MR) is 99.4 cm³/mol. The van der Waals surface area contributed by atoms with Crippen molar-refractivity contribution < 1.29 is 4.79 Å². The topological polar surface area (TPSA) is 47.8 Å². The van der Waals surface area contributed by atoms with Crippen molar-refractivity contribution in [1.82, 2.24) is 14.5 Å². The van der Waals surface area contributed by atoms with Crippen LogP contribution in [0, 0.1) is 13.8 Å². The third kappa shape index (κ3) is 2.48. The Morgan fingerprint density at radius 1 is 1.33 bits per heavy atom. The number of hydrogen-bond acceptors (Lipinski definition) is 5. The maximum Gasteiger partial charge on any atom is 0.174 e. The van der Waals surface area contributed by atoms with Gasteiger partial charge in [0.25, 0.3) is 0 Å². The lowest BCUT2D eigenvalue weighted by Gasteiger charge is -2.04. The van der Waals surface area contributed by atoms with Crippen molar-refractivity contribution in [2.24, 2.45) is 7.05 Å². The summed E-state index contributed by atoms with van der Waals surface area (Å²) in [5.74, 6) is 0.584. The Kier molecular flexibility index (Phi) is 3.96. The Bertz CT molecular complexity index is 955. The largest absolute Gasteiger partial charge is 0.351 e. The molecule has 0 spiro atoms. The maximum atomic E-state index is 12.6. The van der Waals surface area contributed by atoms with Crippen LogP contribution in [-0.4, -0.2) is 26.1 Å². The summed E-state index contributed by atoms with van der Waals surface area (Å²) in [5, 5.41) is 2.15. The minimum Gasteiger partial charge on any atom is -0.351 e. The summed E-state index contributed by atoms with van der Waals surface area (Å²) in [7, 11) is 2.00. The van der Waals surface area contributed by atoms with Crippen LogP contribution in [0.25, 0.3) is 10.2 Å². The average molecular weight is 358 g/mol. The molecule has 3 heterocycles. The van der Waals surface area contributed by atoms with E-state index in [1.54, 1.807) is 29.4 Å². The van der Waals surface area contributed by atoms with Crippen molar-refractivity contribution in [1.29, 1.82) is 0 Å². The highest BCUT2D eigenvalue weighted by Crippen LogP contribution is 2.40. The zero-order valence-electron chi connectivity index (χ0n) is 14.0. The molecule has 3 aromatic heterocycles. The van der Waals surface area contributed by atoms with Gasteiger partial charge in [-0.05, 0) is 44.7 Å². The van der Waals surface area contributed by atoms with Crippen molar-refractivity contribution >= 4 is 39.1 Å². The first-order chi connectivity index (χ1) is 11.6. The maximum absolute atomic E-state index is 12.6. The number of carbonyl (C=O) groups excluding carboxylic acids is 1. The number of aromatic nitrogens is 3. The summed E-state index contributed by atoms with van der Waals surface area (Å²) < 4.78 is 2.06. The highest BCUT2D eigenvalue weighted by atomic mass is 32.2. The molecule has 124 valence electrons. The molecular formula is C18H19N3OS2. The van der Waals surface area contributed by atoms with Crippen LogP contribution in [0.3, 0.4) is 0 Å². The third-order valence-electron chi connectivity index (χ3n) is 4.88. The number of nitrogens with zero attached hydrogens (tertiary/aromatic N) is 3. The van der Waals surface area contributed by atoms with E-state index in [0.717, 1.165) is 39.6 Å². The van der Waals surface area contributed by atoms with Crippen LogP contribution < -0.4 is 0 Å². The van der Waals surface area contributed by atoms with Gasteiger partial charge in [-0.15, -0.1) is 11.3 Å². The molecule has 0 bridgehead atoms. The number of thioether (sulfide) groups is 1. The SMILES string of the molecule is Cc1cc(C(=O)CSc2ncnc3sc4c(c23)CCC4)c(C)n1C. The van der Waals surface area contributed by atoms with Crippen LogP contribution in [0.1, 0.15) is 38.6 Å². The van der Waals surface area contributed by atoms with Gasteiger partial charge in [-0.1, -0.05) is 11.8 Å². The number of fused-ring (bicyclic) bond motifs is 3. The second-order valence-corrected chi connectivity index (χ2v) is 8.32. The molecule has 4 nitrogen and oxygen atoms in total. The Balaban J connectivity index is 1.61. The number of thiophene rings is 1. The summed E-state index contributed by atoms with van der Waals surface area (Å²) in [6, 6.07) is 1.98. The van der Waals surface area contributed by atoms with Gasteiger partial charge in [-0.3, -0.25) is 4.79 Å². The summed E-state index contributed by atoms with van der Waals surface area (Å²) in [5.41, 5.74) is 4.38. The van der Waals surface area contributed by atoms with Crippen LogP contribution in [0.4, 0.5) is 0 Å². The third-order valence-corrected chi connectivity index (χ3v) is 7.07. The standard InChI is InChI=1S/C18H19N3OS2/c1-10-7-13(11(2)21(10)3)14(22)8-23-17-16-12-5-4-6-15(12)24-18(16)20-9-19-17/h7,9H,4-6,8H2,1-3H3. The first-order valence-electron chi connectivity index (χ1n) is 8.10. The van der Waals surface area contributed by atoms with Gasteiger partial charge < -0.3 is 4.57 Å². The summed E-state index contributed by atoms with van der Waals surface area (Å²) in [6.45, 7) is 4.03. The molecule has 0 aromatic carbocycles. The molecule has 0 aliphatic heterocycles. The van der Waals surface area contributed by atoms with Crippen LogP contribution in [0.2, 0.25) is 0 Å². The molecule has 0 fully saturated rings. The minimum atomic E-state index is 0.167. The van der Waals surface area contributed by atoms with Crippen LogP contribution in [-0.2, 0) is 19.9 Å². The van der Waals surface area contributed by atoms with Crippen LogP contribution in [0.15, 0.2) is 17.4 Å². The van der Waals surface area contributed by atoms with E-state index in [1.165, 1.54) is 22.2 Å². The van der Waals surface area contributed by atoms with Crippen molar-refractivity contribution in [2.75, 3.05) is 5.75 Å². The number of hydrogen-bond donors (Lipinski definition) is 0. The van der Waals surface area contributed by atoms with E-state index in [-0.39, 0.29) is 5.78 Å². The molecule has 4 rings (SSSR count). The zero-order chi connectivity index (χ0) is 16.8. The fourth-order valence-corrected chi connectivity index (χ4v) is 5.56. The molecule has 0 saturated heterocycles. The Morgan fingerprint density at radius 3 is 2.92 bits per heavy atom. The van der Waals surface area contributed by atoms with Gasteiger partial charge in [-0.25, -0.2) is 9.97 Å². The highest BCUT2D eigenvalue weighted by molar-refractivity contribution is 8.00. The fraction of sp³-hybridized carbons (Fsp3) is 0.389. The van der Waals surface area contributed by atoms with Crippen molar-refractivity contribution in [3.05, 3.63) is 39.8 Å². The van der Waals surface area contributed by atoms with Gasteiger partial charge >= 0.3 is 0 Å². The van der Waals surface area contributed by atoms with E-state index in [1.807, 2.05) is 27.0 Å². The number of carbonyl (C=O) groups is 1. The quantitative estimate of drug-likeness (QED) is 0.400. The molecule has 0 radical (unpaired) electrons. The molecule has 6 heteroatoms. The lowest BCUT2D eigenvalue weighted by molar-refractivity contribution is 0.102. The van der Waals surface area contributed by atoms with E-state index >= 15 is 0 Å². The normalized spacial score (nSPS) is 13.6. The molecule has 0 amide bonds. The van der Waals surface area contributed by atoms with E-state index in [0.29, 0.717) is 5.75 Å². The molecule has 24 heavy (non-hydrogen) atoms. The van der Waals surface area contributed by atoms with Gasteiger partial charge in [0.2, 0.25) is 0 Å². The second-order valence-electron chi connectivity index (χ2n) is 6.27. The van der Waals surface area contributed by atoms with Crippen LogP contribution in [0.5, 0.6) is 0 Å². The van der Waals surface area contributed by atoms with Crippen molar-refractivity contribution in [2.45, 2.75) is 38.1 Å². The zero-order valence-corrected chi connectivity index (χ0v) is 15.7. The van der Waals surface area contributed by atoms with Crippen LogP contribution >= 0.6 is 23.1 Å². The molecule has 0 atom stereocenters. The lowest BCUT2D eigenvalue weighted by Crippen LogP contribution is -2.05. The monoisotopic (exact) mass is 357 g/mol. The summed E-state index contributed by atoms with van der Waals surface area (Å²) >= 11 is 3.33. The molecular weight excluding hydrogens is 338 g/mol. The molecule has 1 aliphatic carbocycles. The first-order valence-corrected chi connectivity index (χ1v) is 9.90. The molecule has 0 N–H and O–H groups in total. The number of aryl methyl sites for hydroxylation is 3.